The lowest BCUT2D eigenvalue weighted by Crippen LogP contribution is -2.46. The van der Waals surface area contributed by atoms with Crippen molar-refractivity contribution in [3.8, 4) is 0 Å². The Labute approximate surface area is 101 Å². The van der Waals surface area contributed by atoms with E-state index in [0.29, 0.717) is 13.0 Å². The molecule has 0 aromatic rings. The Morgan fingerprint density at radius 1 is 1.12 bits per heavy atom. The summed E-state index contributed by atoms with van der Waals surface area (Å²) in [6.07, 6.45) is 3.28. The van der Waals surface area contributed by atoms with Crippen LogP contribution in [0.25, 0.3) is 0 Å². The highest BCUT2D eigenvalue weighted by Gasteiger charge is 2.31. The van der Waals surface area contributed by atoms with E-state index >= 15 is 0 Å². The zero-order valence-corrected chi connectivity index (χ0v) is 10.0. The highest BCUT2D eigenvalue weighted by Crippen LogP contribution is 2.21. The molecule has 2 rings (SSSR count). The van der Waals surface area contributed by atoms with Gasteiger partial charge in [-0.1, -0.05) is 0 Å². The number of amides is 1. The smallest absolute Gasteiger partial charge is 0.308 e. The van der Waals surface area contributed by atoms with Gasteiger partial charge in [-0.05, 0) is 38.8 Å². The van der Waals surface area contributed by atoms with Crippen molar-refractivity contribution in [3.05, 3.63) is 0 Å². The van der Waals surface area contributed by atoms with E-state index in [2.05, 4.69) is 5.32 Å². The standard InChI is InChI=1S/C12H20N2O3/c15-11(9-3-5-13-6-4-9)14-7-1-2-10(8-14)12(16)17/h9-10,13H,1-8H2,(H,16,17). The molecule has 1 amide bonds. The summed E-state index contributed by atoms with van der Waals surface area (Å²) in [7, 11) is 0. The van der Waals surface area contributed by atoms with Gasteiger partial charge < -0.3 is 15.3 Å². The number of carboxylic acids is 1. The van der Waals surface area contributed by atoms with Crippen LogP contribution in [-0.4, -0.2) is 48.1 Å². The van der Waals surface area contributed by atoms with Gasteiger partial charge in [0.1, 0.15) is 0 Å². The lowest BCUT2D eigenvalue weighted by Gasteiger charge is -2.34. The molecule has 1 unspecified atom stereocenters. The van der Waals surface area contributed by atoms with Crippen molar-refractivity contribution in [1.82, 2.24) is 10.2 Å². The van der Waals surface area contributed by atoms with Crippen LogP contribution in [0.15, 0.2) is 0 Å². The van der Waals surface area contributed by atoms with E-state index in [9.17, 15) is 9.59 Å². The van der Waals surface area contributed by atoms with Gasteiger partial charge in [0.15, 0.2) is 0 Å². The van der Waals surface area contributed by atoms with Gasteiger partial charge in [0.2, 0.25) is 5.91 Å². The molecule has 0 aliphatic carbocycles. The molecule has 2 fully saturated rings. The van der Waals surface area contributed by atoms with Gasteiger partial charge in [0, 0.05) is 19.0 Å². The Morgan fingerprint density at radius 3 is 2.47 bits per heavy atom. The molecule has 0 bridgehead atoms. The molecule has 5 heteroatoms. The summed E-state index contributed by atoms with van der Waals surface area (Å²) < 4.78 is 0. The SMILES string of the molecule is O=C(O)C1CCCN(C(=O)C2CCNCC2)C1. The Morgan fingerprint density at radius 2 is 1.82 bits per heavy atom. The Hall–Kier alpha value is -1.10. The van der Waals surface area contributed by atoms with Crippen molar-refractivity contribution in [3.63, 3.8) is 0 Å². The monoisotopic (exact) mass is 240 g/mol. The van der Waals surface area contributed by atoms with Crippen LogP contribution >= 0.6 is 0 Å². The van der Waals surface area contributed by atoms with E-state index < -0.39 is 5.97 Å². The Kier molecular flexibility index (Phi) is 3.99. The number of nitrogens with one attached hydrogen (secondary N) is 1. The molecule has 5 nitrogen and oxygen atoms in total. The third kappa shape index (κ3) is 2.97. The molecule has 2 saturated heterocycles. The third-order valence-electron chi connectivity index (χ3n) is 3.77. The van der Waals surface area contributed by atoms with Crippen molar-refractivity contribution in [2.75, 3.05) is 26.2 Å². The minimum absolute atomic E-state index is 0.101. The van der Waals surface area contributed by atoms with Crippen LogP contribution in [0.4, 0.5) is 0 Å². The molecule has 0 spiro atoms. The van der Waals surface area contributed by atoms with Crippen LogP contribution in [0.1, 0.15) is 25.7 Å². The van der Waals surface area contributed by atoms with Crippen molar-refractivity contribution < 1.29 is 14.7 Å². The predicted molar refractivity (Wildman–Crippen MR) is 62.5 cm³/mol. The molecule has 96 valence electrons. The topological polar surface area (TPSA) is 69.6 Å². The summed E-state index contributed by atoms with van der Waals surface area (Å²) >= 11 is 0. The number of hydrogen-bond donors (Lipinski definition) is 2. The number of likely N-dealkylation sites (tertiary alicyclic amines) is 1. The molecular formula is C12H20N2O3. The average molecular weight is 240 g/mol. The first kappa shape index (κ1) is 12.4. The molecule has 2 aliphatic heterocycles. The second-order valence-electron chi connectivity index (χ2n) is 4.99. The zero-order valence-electron chi connectivity index (χ0n) is 10.0. The number of carbonyl (C=O) groups excluding carboxylic acids is 1. The normalized spacial score (nSPS) is 26.8. The highest BCUT2D eigenvalue weighted by atomic mass is 16.4. The lowest BCUT2D eigenvalue weighted by atomic mass is 9.93. The number of carbonyl (C=O) groups is 2. The van der Waals surface area contributed by atoms with E-state index in [1.165, 1.54) is 0 Å². The summed E-state index contributed by atoms with van der Waals surface area (Å²) in [4.78, 5) is 24.9. The number of carboxylic acid groups (broad SMARTS) is 1. The first-order valence-electron chi connectivity index (χ1n) is 6.41. The maximum Gasteiger partial charge on any atom is 0.308 e. The van der Waals surface area contributed by atoms with Gasteiger partial charge in [-0.15, -0.1) is 0 Å². The molecule has 2 aliphatic rings. The minimum atomic E-state index is -0.771. The summed E-state index contributed by atoms with van der Waals surface area (Å²) in [5.74, 6) is -0.872. The van der Waals surface area contributed by atoms with Crippen molar-refractivity contribution >= 4 is 11.9 Å². The number of nitrogens with zero attached hydrogens (tertiary/aromatic N) is 1. The average Bonchev–Trinajstić information content (AvgIpc) is 2.39. The van der Waals surface area contributed by atoms with E-state index in [0.717, 1.165) is 38.9 Å². The molecule has 1 atom stereocenters. The molecule has 0 aromatic carbocycles. The fourth-order valence-corrected chi connectivity index (χ4v) is 2.71. The number of piperidine rings is 2. The number of aliphatic carboxylic acids is 1. The van der Waals surface area contributed by atoms with Crippen molar-refractivity contribution in [1.29, 1.82) is 0 Å². The van der Waals surface area contributed by atoms with Gasteiger partial charge in [-0.2, -0.15) is 0 Å². The quantitative estimate of drug-likeness (QED) is 0.729. The fraction of sp³-hybridized carbons (Fsp3) is 0.833. The summed E-state index contributed by atoms with van der Waals surface area (Å²) in [6.45, 7) is 2.92. The fourth-order valence-electron chi connectivity index (χ4n) is 2.71. The zero-order chi connectivity index (χ0) is 12.3. The van der Waals surface area contributed by atoms with Crippen LogP contribution < -0.4 is 5.32 Å². The van der Waals surface area contributed by atoms with Gasteiger partial charge in [0.05, 0.1) is 5.92 Å². The second kappa shape index (κ2) is 5.49. The highest BCUT2D eigenvalue weighted by molar-refractivity contribution is 5.80. The Bertz CT molecular complexity index is 300. The van der Waals surface area contributed by atoms with E-state index in [4.69, 9.17) is 5.11 Å². The van der Waals surface area contributed by atoms with Crippen LogP contribution in [0.3, 0.4) is 0 Å². The lowest BCUT2D eigenvalue weighted by molar-refractivity contribution is -0.147. The van der Waals surface area contributed by atoms with Gasteiger partial charge in [0.25, 0.3) is 0 Å². The maximum atomic E-state index is 12.2. The van der Waals surface area contributed by atoms with E-state index in [-0.39, 0.29) is 17.7 Å². The van der Waals surface area contributed by atoms with Crippen molar-refractivity contribution in [2.45, 2.75) is 25.7 Å². The maximum absolute atomic E-state index is 12.2. The largest absolute Gasteiger partial charge is 0.481 e. The molecule has 0 saturated carbocycles. The van der Waals surface area contributed by atoms with E-state index in [1.807, 2.05) is 0 Å². The molecule has 2 heterocycles. The van der Waals surface area contributed by atoms with Crippen molar-refractivity contribution in [2.24, 2.45) is 11.8 Å². The first-order valence-corrected chi connectivity index (χ1v) is 6.41. The number of hydrogen-bond acceptors (Lipinski definition) is 3. The third-order valence-corrected chi connectivity index (χ3v) is 3.77. The summed E-state index contributed by atoms with van der Waals surface area (Å²) in [5.41, 5.74) is 0. The summed E-state index contributed by atoms with van der Waals surface area (Å²) in [5, 5.41) is 12.2. The van der Waals surface area contributed by atoms with Crippen LogP contribution in [0.2, 0.25) is 0 Å². The first-order chi connectivity index (χ1) is 8.18. The minimum Gasteiger partial charge on any atom is -0.481 e. The predicted octanol–water partition coefficient (Wildman–Crippen LogP) is 0.309. The van der Waals surface area contributed by atoms with Gasteiger partial charge in [-0.3, -0.25) is 9.59 Å². The van der Waals surface area contributed by atoms with Gasteiger partial charge >= 0.3 is 5.97 Å². The molecule has 17 heavy (non-hydrogen) atoms. The van der Waals surface area contributed by atoms with Crippen LogP contribution in [-0.2, 0) is 9.59 Å². The second-order valence-corrected chi connectivity index (χ2v) is 4.99. The molecular weight excluding hydrogens is 220 g/mol. The molecule has 2 N–H and O–H groups in total. The van der Waals surface area contributed by atoms with Crippen LogP contribution in [0.5, 0.6) is 0 Å². The molecule has 0 radical (unpaired) electrons. The Balaban J connectivity index is 1.91. The number of rotatable bonds is 2. The molecule has 0 aromatic heterocycles. The van der Waals surface area contributed by atoms with Crippen LogP contribution in [0, 0.1) is 11.8 Å². The van der Waals surface area contributed by atoms with Gasteiger partial charge in [-0.25, -0.2) is 0 Å². The van der Waals surface area contributed by atoms with E-state index in [1.54, 1.807) is 4.90 Å². The summed E-state index contributed by atoms with van der Waals surface area (Å²) in [6, 6.07) is 0.